The van der Waals surface area contributed by atoms with Gasteiger partial charge in [0.15, 0.2) is 5.76 Å². The van der Waals surface area contributed by atoms with E-state index in [1.807, 2.05) is 0 Å². The average molecular weight is 395 g/mol. The van der Waals surface area contributed by atoms with Gasteiger partial charge in [-0.3, -0.25) is 10.1 Å². The molecule has 146 valence electrons. The zero-order valence-corrected chi connectivity index (χ0v) is 16.1. The molecule has 3 N–H and O–H groups in total. The summed E-state index contributed by atoms with van der Waals surface area (Å²) in [4.78, 5) is 23.4. The lowest BCUT2D eigenvalue weighted by atomic mass is 10.1. The number of hydrogen-bond acceptors (Lipinski definition) is 6. The summed E-state index contributed by atoms with van der Waals surface area (Å²) in [5.41, 5.74) is 0.233. The summed E-state index contributed by atoms with van der Waals surface area (Å²) < 4.78 is 36.5. The Morgan fingerprint density at radius 2 is 1.52 bits per heavy atom. The van der Waals surface area contributed by atoms with E-state index in [-0.39, 0.29) is 10.9 Å². The summed E-state index contributed by atoms with van der Waals surface area (Å²) in [5, 5.41) is 4.70. The van der Waals surface area contributed by atoms with Crippen molar-refractivity contribution in [3.63, 3.8) is 0 Å². The standard InChI is InChI=1S/C17H21N3O6S/c1-17(2,3)20-27(23,24)14-10-9-13(26-14)15(21)18-11-5-7-12(8-6-11)19-16(22)25-4/h5-10,20H,1-4H3,(H,18,21)(H,19,22). The molecule has 10 heteroatoms. The first-order valence-electron chi connectivity index (χ1n) is 7.90. The minimum atomic E-state index is -3.87. The monoisotopic (exact) mass is 395 g/mol. The lowest BCUT2D eigenvalue weighted by molar-refractivity contribution is 0.0991. The molecule has 0 aliphatic heterocycles. The molecule has 0 fully saturated rings. The first-order chi connectivity index (χ1) is 12.5. The van der Waals surface area contributed by atoms with E-state index >= 15 is 0 Å². The predicted molar refractivity (Wildman–Crippen MR) is 99.2 cm³/mol. The van der Waals surface area contributed by atoms with E-state index in [1.54, 1.807) is 45.0 Å². The second-order valence-corrected chi connectivity index (χ2v) is 8.24. The van der Waals surface area contributed by atoms with E-state index < -0.39 is 27.6 Å². The number of ether oxygens (including phenoxy) is 1. The molecule has 0 saturated heterocycles. The number of furan rings is 1. The maximum atomic E-state index is 12.2. The molecule has 0 saturated carbocycles. The van der Waals surface area contributed by atoms with Crippen molar-refractivity contribution >= 4 is 33.4 Å². The molecule has 2 amide bonds. The molecule has 27 heavy (non-hydrogen) atoms. The Morgan fingerprint density at radius 3 is 2.04 bits per heavy atom. The molecule has 0 aliphatic carbocycles. The number of carbonyl (C=O) groups excluding carboxylic acids is 2. The third-order valence-electron chi connectivity index (χ3n) is 3.09. The van der Waals surface area contributed by atoms with Crippen LogP contribution in [0.4, 0.5) is 16.2 Å². The quantitative estimate of drug-likeness (QED) is 0.714. The molecule has 0 bridgehead atoms. The molecule has 2 rings (SSSR count). The van der Waals surface area contributed by atoms with E-state index in [2.05, 4.69) is 20.1 Å². The maximum Gasteiger partial charge on any atom is 0.411 e. The number of hydrogen-bond donors (Lipinski definition) is 3. The fourth-order valence-corrected chi connectivity index (χ4v) is 3.39. The zero-order valence-electron chi connectivity index (χ0n) is 15.3. The zero-order chi connectivity index (χ0) is 20.2. The summed E-state index contributed by atoms with van der Waals surface area (Å²) in [6.45, 7) is 5.08. The van der Waals surface area contributed by atoms with E-state index in [0.29, 0.717) is 11.4 Å². The van der Waals surface area contributed by atoms with Crippen LogP contribution in [0.1, 0.15) is 31.3 Å². The Balaban J connectivity index is 2.07. The van der Waals surface area contributed by atoms with Crippen molar-refractivity contribution in [2.24, 2.45) is 0 Å². The van der Waals surface area contributed by atoms with Gasteiger partial charge in [-0.2, -0.15) is 0 Å². The summed E-state index contributed by atoms with van der Waals surface area (Å²) in [5.74, 6) is -0.762. The third kappa shape index (κ3) is 5.83. The van der Waals surface area contributed by atoms with E-state index in [9.17, 15) is 18.0 Å². The molecule has 1 aromatic heterocycles. The molecule has 1 heterocycles. The number of rotatable bonds is 5. The van der Waals surface area contributed by atoms with Crippen LogP contribution in [0.25, 0.3) is 0 Å². The van der Waals surface area contributed by atoms with Gasteiger partial charge >= 0.3 is 6.09 Å². The average Bonchev–Trinajstić information content (AvgIpc) is 3.05. The molecule has 0 atom stereocenters. The number of anilines is 2. The van der Waals surface area contributed by atoms with Crippen LogP contribution in [-0.2, 0) is 14.8 Å². The van der Waals surface area contributed by atoms with Crippen LogP contribution in [0.3, 0.4) is 0 Å². The summed E-state index contributed by atoms with van der Waals surface area (Å²) in [6, 6.07) is 8.75. The SMILES string of the molecule is COC(=O)Nc1ccc(NC(=O)c2ccc(S(=O)(=O)NC(C)(C)C)o2)cc1. The third-order valence-corrected chi connectivity index (χ3v) is 4.72. The highest BCUT2D eigenvalue weighted by Crippen LogP contribution is 2.19. The van der Waals surface area contributed by atoms with Crippen molar-refractivity contribution in [1.29, 1.82) is 0 Å². The lowest BCUT2D eigenvalue weighted by Crippen LogP contribution is -2.40. The van der Waals surface area contributed by atoms with Gasteiger partial charge in [-0.25, -0.2) is 17.9 Å². The highest BCUT2D eigenvalue weighted by molar-refractivity contribution is 7.89. The van der Waals surface area contributed by atoms with Crippen molar-refractivity contribution in [3.8, 4) is 0 Å². The van der Waals surface area contributed by atoms with E-state index in [4.69, 9.17) is 4.42 Å². The maximum absolute atomic E-state index is 12.2. The number of nitrogens with one attached hydrogen (secondary N) is 3. The van der Waals surface area contributed by atoms with Crippen LogP contribution < -0.4 is 15.4 Å². The fourth-order valence-electron chi connectivity index (χ4n) is 2.04. The number of benzene rings is 1. The normalized spacial score (nSPS) is 11.7. The topological polar surface area (TPSA) is 127 Å². The second-order valence-electron chi connectivity index (χ2n) is 6.62. The molecule has 0 spiro atoms. The number of sulfonamides is 1. The molecule has 1 aromatic carbocycles. The van der Waals surface area contributed by atoms with Crippen molar-refractivity contribution in [2.45, 2.75) is 31.4 Å². The van der Waals surface area contributed by atoms with Gasteiger partial charge < -0.3 is 14.5 Å². The van der Waals surface area contributed by atoms with E-state index in [1.165, 1.54) is 19.2 Å². The van der Waals surface area contributed by atoms with Crippen LogP contribution in [0.5, 0.6) is 0 Å². The van der Waals surface area contributed by atoms with Crippen molar-refractivity contribution < 1.29 is 27.2 Å². The minimum absolute atomic E-state index is 0.152. The van der Waals surface area contributed by atoms with Gasteiger partial charge in [0.25, 0.3) is 15.9 Å². The smallest absolute Gasteiger partial charge is 0.411 e. The largest absolute Gasteiger partial charge is 0.453 e. The van der Waals surface area contributed by atoms with Gasteiger partial charge in [0.2, 0.25) is 5.09 Å². The molecule has 0 aliphatic rings. The summed E-state index contributed by atoms with van der Waals surface area (Å²) >= 11 is 0. The van der Waals surface area contributed by atoms with Crippen LogP contribution in [0, 0.1) is 0 Å². The minimum Gasteiger partial charge on any atom is -0.453 e. The van der Waals surface area contributed by atoms with Crippen LogP contribution in [0.2, 0.25) is 0 Å². The van der Waals surface area contributed by atoms with Gasteiger partial charge in [0.05, 0.1) is 7.11 Å². The predicted octanol–water partition coefficient (Wildman–Crippen LogP) is 2.79. The van der Waals surface area contributed by atoms with E-state index in [0.717, 1.165) is 0 Å². The Labute approximate surface area is 157 Å². The molecular formula is C17H21N3O6S. The van der Waals surface area contributed by atoms with Gasteiger partial charge in [0, 0.05) is 16.9 Å². The van der Waals surface area contributed by atoms with Crippen LogP contribution in [0.15, 0.2) is 45.9 Å². The van der Waals surface area contributed by atoms with Gasteiger partial charge in [-0.05, 0) is 57.2 Å². The highest BCUT2D eigenvalue weighted by Gasteiger charge is 2.26. The molecule has 0 unspecified atom stereocenters. The van der Waals surface area contributed by atoms with Crippen molar-refractivity contribution in [1.82, 2.24) is 4.72 Å². The van der Waals surface area contributed by atoms with Crippen LogP contribution in [-0.4, -0.2) is 33.1 Å². The highest BCUT2D eigenvalue weighted by atomic mass is 32.2. The number of carbonyl (C=O) groups is 2. The van der Waals surface area contributed by atoms with Gasteiger partial charge in [-0.1, -0.05) is 0 Å². The van der Waals surface area contributed by atoms with Crippen molar-refractivity contribution in [3.05, 3.63) is 42.2 Å². The Kier molecular flexibility index (Phi) is 5.91. The fraction of sp³-hybridized carbons (Fsp3) is 0.294. The molecule has 0 radical (unpaired) electrons. The van der Waals surface area contributed by atoms with Gasteiger partial charge in [-0.15, -0.1) is 0 Å². The number of methoxy groups -OCH3 is 1. The summed E-state index contributed by atoms with van der Waals surface area (Å²) in [6.07, 6.45) is -0.611. The lowest BCUT2D eigenvalue weighted by Gasteiger charge is -2.18. The summed E-state index contributed by atoms with van der Waals surface area (Å²) in [7, 11) is -2.62. The first-order valence-corrected chi connectivity index (χ1v) is 9.39. The Morgan fingerprint density at radius 1 is 0.963 bits per heavy atom. The number of amides is 2. The Hall–Kier alpha value is -2.85. The van der Waals surface area contributed by atoms with Crippen molar-refractivity contribution in [2.75, 3.05) is 17.7 Å². The molecular weight excluding hydrogens is 374 g/mol. The molecule has 9 nitrogen and oxygen atoms in total. The molecule has 2 aromatic rings. The Bertz CT molecular complexity index is 926. The van der Waals surface area contributed by atoms with Crippen LogP contribution >= 0.6 is 0 Å². The van der Waals surface area contributed by atoms with Gasteiger partial charge in [0.1, 0.15) is 0 Å². The second kappa shape index (κ2) is 7.80. The first kappa shape index (κ1) is 20.5.